The van der Waals surface area contributed by atoms with E-state index in [2.05, 4.69) is 6.07 Å². The first-order valence-electron chi connectivity index (χ1n) is 10.8. The van der Waals surface area contributed by atoms with Crippen molar-refractivity contribution in [1.82, 2.24) is 4.31 Å². The lowest BCUT2D eigenvalue weighted by Gasteiger charge is -2.28. The first-order chi connectivity index (χ1) is 14.7. The Balaban J connectivity index is 1.82. The number of aryl methyl sites for hydroxylation is 1. The molecule has 6 heteroatoms. The van der Waals surface area contributed by atoms with Crippen molar-refractivity contribution in [1.29, 1.82) is 0 Å². The molecule has 0 radical (unpaired) electrons. The van der Waals surface area contributed by atoms with Gasteiger partial charge in [-0.15, -0.1) is 0 Å². The molecule has 0 bridgehead atoms. The number of hydrogen-bond acceptors (Lipinski definition) is 4. The van der Waals surface area contributed by atoms with Gasteiger partial charge in [0.25, 0.3) is 0 Å². The third-order valence-corrected chi connectivity index (χ3v) is 6.82. The third-order valence-electron chi connectivity index (χ3n) is 5.37. The van der Waals surface area contributed by atoms with Crippen LogP contribution in [-0.2, 0) is 26.9 Å². The summed E-state index contributed by atoms with van der Waals surface area (Å²) in [5.74, 6) is 0.331. The molecule has 0 amide bonds. The van der Waals surface area contributed by atoms with Crippen LogP contribution in [0.1, 0.15) is 62.8 Å². The first kappa shape index (κ1) is 23.5. The normalized spacial score (nSPS) is 17.5. The van der Waals surface area contributed by atoms with E-state index in [-0.39, 0.29) is 18.6 Å². The highest BCUT2D eigenvalue weighted by Crippen LogP contribution is 2.38. The standard InChI is InChI=1S/C25H33NO4S/c1-18-13-15-19(16-14-18)31(28)26(5)22-11-7-6-9-21-20(22)10-8-12-23(21)29-17-24(27)30-25(2,3)4/h8,10,12-16,22H,6-7,9,11,17H2,1-5H3. The Morgan fingerprint density at radius 1 is 1.13 bits per heavy atom. The minimum absolute atomic E-state index is 0.0183. The largest absolute Gasteiger partial charge is 0.482 e. The summed E-state index contributed by atoms with van der Waals surface area (Å²) >= 11 is 0. The predicted molar refractivity (Wildman–Crippen MR) is 123 cm³/mol. The highest BCUT2D eigenvalue weighted by atomic mass is 32.2. The van der Waals surface area contributed by atoms with Gasteiger partial charge in [-0.1, -0.05) is 36.2 Å². The van der Waals surface area contributed by atoms with Crippen LogP contribution in [0.5, 0.6) is 5.75 Å². The molecule has 0 N–H and O–H groups in total. The number of ether oxygens (including phenoxy) is 2. The summed E-state index contributed by atoms with van der Waals surface area (Å²) in [7, 11) is 0.661. The molecule has 3 rings (SSSR count). The van der Waals surface area contributed by atoms with Crippen LogP contribution in [0.4, 0.5) is 0 Å². The van der Waals surface area contributed by atoms with Crippen molar-refractivity contribution in [2.45, 2.75) is 69.9 Å². The lowest BCUT2D eigenvalue weighted by molar-refractivity contribution is -0.157. The number of carbonyl (C=O) groups excluding carboxylic acids is 1. The highest BCUT2D eigenvalue weighted by Gasteiger charge is 2.28. The summed E-state index contributed by atoms with van der Waals surface area (Å²) in [5.41, 5.74) is 2.83. The number of rotatable bonds is 6. The van der Waals surface area contributed by atoms with Crippen LogP contribution in [0, 0.1) is 6.92 Å². The Bertz CT molecular complexity index is 934. The minimum Gasteiger partial charge on any atom is -0.482 e. The molecule has 0 saturated heterocycles. The van der Waals surface area contributed by atoms with E-state index in [1.165, 1.54) is 0 Å². The molecule has 2 unspecified atom stereocenters. The predicted octanol–water partition coefficient (Wildman–Crippen LogP) is 5.14. The summed E-state index contributed by atoms with van der Waals surface area (Å²) in [6.45, 7) is 7.43. The van der Waals surface area contributed by atoms with Gasteiger partial charge in [0.1, 0.15) is 22.3 Å². The molecule has 0 heterocycles. The molecule has 2 aromatic carbocycles. The van der Waals surface area contributed by atoms with Crippen molar-refractivity contribution in [3.8, 4) is 5.75 Å². The Hall–Kier alpha value is -2.18. The number of esters is 1. The van der Waals surface area contributed by atoms with Gasteiger partial charge in [0.2, 0.25) is 0 Å². The zero-order chi connectivity index (χ0) is 22.6. The Labute approximate surface area is 188 Å². The van der Waals surface area contributed by atoms with Gasteiger partial charge in [-0.05, 0) is 76.3 Å². The van der Waals surface area contributed by atoms with Crippen molar-refractivity contribution < 1.29 is 18.5 Å². The maximum Gasteiger partial charge on any atom is 0.344 e. The molecule has 0 fully saturated rings. The van der Waals surface area contributed by atoms with Crippen LogP contribution < -0.4 is 4.74 Å². The summed E-state index contributed by atoms with van der Waals surface area (Å²) in [6.07, 6.45) is 3.87. The van der Waals surface area contributed by atoms with E-state index < -0.39 is 16.6 Å². The van der Waals surface area contributed by atoms with Gasteiger partial charge in [0, 0.05) is 13.1 Å². The van der Waals surface area contributed by atoms with Gasteiger partial charge < -0.3 is 9.47 Å². The Morgan fingerprint density at radius 3 is 2.52 bits per heavy atom. The number of benzene rings is 2. The monoisotopic (exact) mass is 443 g/mol. The van der Waals surface area contributed by atoms with Gasteiger partial charge in [-0.3, -0.25) is 0 Å². The van der Waals surface area contributed by atoms with Gasteiger partial charge in [-0.2, -0.15) is 0 Å². The molecule has 2 aromatic rings. The van der Waals surface area contributed by atoms with Crippen molar-refractivity contribution in [2.24, 2.45) is 0 Å². The number of nitrogens with zero attached hydrogens (tertiary/aromatic N) is 1. The second kappa shape index (κ2) is 9.96. The molecule has 31 heavy (non-hydrogen) atoms. The molecule has 0 aliphatic heterocycles. The topological polar surface area (TPSA) is 55.8 Å². The van der Waals surface area contributed by atoms with E-state index >= 15 is 0 Å². The molecule has 0 aromatic heterocycles. The maximum atomic E-state index is 13.3. The molecule has 168 valence electrons. The molecule has 1 aliphatic carbocycles. The fourth-order valence-corrected chi connectivity index (χ4v) is 5.07. The van der Waals surface area contributed by atoms with Crippen LogP contribution in [0.15, 0.2) is 47.4 Å². The first-order valence-corrected chi connectivity index (χ1v) is 11.9. The molecule has 1 aliphatic rings. The van der Waals surface area contributed by atoms with Crippen LogP contribution >= 0.6 is 0 Å². The summed E-state index contributed by atoms with van der Waals surface area (Å²) < 4.78 is 26.5. The number of hydrogen-bond donors (Lipinski definition) is 0. The quantitative estimate of drug-likeness (QED) is 0.458. The van der Waals surface area contributed by atoms with Gasteiger partial charge in [0.05, 0.1) is 4.90 Å². The average Bonchev–Trinajstić information content (AvgIpc) is 2.93. The van der Waals surface area contributed by atoms with Crippen molar-refractivity contribution in [3.05, 3.63) is 59.2 Å². The highest BCUT2D eigenvalue weighted by molar-refractivity contribution is 7.82. The second-order valence-corrected chi connectivity index (χ2v) is 10.6. The Morgan fingerprint density at radius 2 is 1.84 bits per heavy atom. The molecular formula is C25H33NO4S. The lowest BCUT2D eigenvalue weighted by Crippen LogP contribution is -2.28. The van der Waals surface area contributed by atoms with Gasteiger partial charge >= 0.3 is 5.97 Å². The van der Waals surface area contributed by atoms with Crippen LogP contribution in [0.2, 0.25) is 0 Å². The molecule has 5 nitrogen and oxygen atoms in total. The molecule has 2 atom stereocenters. The van der Waals surface area contributed by atoms with Crippen LogP contribution in [0.3, 0.4) is 0 Å². The molecule has 0 saturated carbocycles. The van der Waals surface area contributed by atoms with E-state index in [0.717, 1.165) is 47.3 Å². The smallest absolute Gasteiger partial charge is 0.344 e. The van der Waals surface area contributed by atoms with Crippen molar-refractivity contribution in [3.63, 3.8) is 0 Å². The maximum absolute atomic E-state index is 13.3. The molecular weight excluding hydrogens is 410 g/mol. The van der Waals surface area contributed by atoms with Crippen LogP contribution in [-0.4, -0.2) is 33.7 Å². The van der Waals surface area contributed by atoms with E-state index in [0.29, 0.717) is 5.75 Å². The number of carbonyl (C=O) groups is 1. The fraction of sp³-hybridized carbons (Fsp3) is 0.480. The van der Waals surface area contributed by atoms with E-state index in [4.69, 9.17) is 9.47 Å². The zero-order valence-corrected chi connectivity index (χ0v) is 20.0. The van der Waals surface area contributed by atoms with E-state index in [9.17, 15) is 9.00 Å². The van der Waals surface area contributed by atoms with Crippen molar-refractivity contribution >= 4 is 17.0 Å². The third kappa shape index (κ3) is 6.17. The SMILES string of the molecule is Cc1ccc(S(=O)N(C)C2CCCCc3c(OCC(=O)OC(C)(C)C)cccc32)cc1. The van der Waals surface area contributed by atoms with E-state index in [1.807, 2.05) is 75.4 Å². The lowest BCUT2D eigenvalue weighted by atomic mass is 9.98. The average molecular weight is 444 g/mol. The Kier molecular flexibility index (Phi) is 7.55. The molecule has 0 spiro atoms. The summed E-state index contributed by atoms with van der Waals surface area (Å²) in [4.78, 5) is 12.9. The van der Waals surface area contributed by atoms with Gasteiger partial charge in [0.15, 0.2) is 6.61 Å². The fourth-order valence-electron chi connectivity index (χ4n) is 3.91. The van der Waals surface area contributed by atoms with Crippen molar-refractivity contribution in [2.75, 3.05) is 13.7 Å². The van der Waals surface area contributed by atoms with Crippen LogP contribution in [0.25, 0.3) is 0 Å². The second-order valence-electron chi connectivity index (χ2n) is 9.07. The summed E-state index contributed by atoms with van der Waals surface area (Å²) in [6, 6.07) is 13.8. The minimum atomic E-state index is -1.26. The van der Waals surface area contributed by atoms with Gasteiger partial charge in [-0.25, -0.2) is 13.3 Å². The number of fused-ring (bicyclic) bond motifs is 1. The summed E-state index contributed by atoms with van der Waals surface area (Å²) in [5, 5.41) is 0. The van der Waals surface area contributed by atoms with E-state index in [1.54, 1.807) is 0 Å². The zero-order valence-electron chi connectivity index (χ0n) is 19.1.